The van der Waals surface area contributed by atoms with E-state index in [-0.39, 0.29) is 0 Å². The average molecular weight is 426 g/mol. The Morgan fingerprint density at radius 2 is 1.78 bits per heavy atom. The number of fused-ring (bicyclic) bond motifs is 2. The van der Waals surface area contributed by atoms with Gasteiger partial charge in [-0.2, -0.15) is 0 Å². The van der Waals surface area contributed by atoms with Crippen LogP contribution < -0.4 is 0 Å². The summed E-state index contributed by atoms with van der Waals surface area (Å²) in [7, 11) is 0. The molecule has 1 saturated carbocycles. The predicted octanol–water partition coefficient (Wildman–Crippen LogP) is 8.99. The highest BCUT2D eigenvalue weighted by Crippen LogP contribution is 2.47. The van der Waals surface area contributed by atoms with Crippen LogP contribution in [0.3, 0.4) is 0 Å². The molecule has 0 aliphatic heterocycles. The van der Waals surface area contributed by atoms with E-state index >= 15 is 0 Å². The van der Waals surface area contributed by atoms with Crippen molar-refractivity contribution in [1.29, 1.82) is 0 Å². The third kappa shape index (κ3) is 3.54. The molecule has 1 atom stereocenters. The lowest BCUT2D eigenvalue weighted by molar-refractivity contribution is 0.376. The normalized spacial score (nSPS) is 18.3. The van der Waals surface area contributed by atoms with Crippen molar-refractivity contribution in [1.82, 2.24) is 4.98 Å². The number of aromatic nitrogens is 1. The summed E-state index contributed by atoms with van der Waals surface area (Å²) in [4.78, 5) is 5.04. The van der Waals surface area contributed by atoms with Crippen LogP contribution in [0.15, 0.2) is 40.8 Å². The SMILES string of the molecule is Cc1cc(-c2nc(C)cc3cc(C4CCC(C)(C)C4)ccc23)c2oc(C(C)C)c(C)c2c1. The molecule has 2 aromatic carbocycles. The maximum absolute atomic E-state index is 6.48. The van der Waals surface area contributed by atoms with Crippen molar-refractivity contribution >= 4 is 21.7 Å². The largest absolute Gasteiger partial charge is 0.460 e. The predicted molar refractivity (Wildman–Crippen MR) is 136 cm³/mol. The Hall–Kier alpha value is -2.61. The number of pyridine rings is 1. The fourth-order valence-electron chi connectivity index (χ4n) is 5.80. The van der Waals surface area contributed by atoms with Gasteiger partial charge in [0.05, 0.1) is 5.69 Å². The van der Waals surface area contributed by atoms with Gasteiger partial charge in [-0.25, -0.2) is 0 Å². The summed E-state index contributed by atoms with van der Waals surface area (Å²) in [5.74, 6) is 2.10. The van der Waals surface area contributed by atoms with Crippen LogP contribution in [-0.2, 0) is 0 Å². The molecule has 0 bridgehead atoms. The maximum Gasteiger partial charge on any atom is 0.143 e. The van der Waals surface area contributed by atoms with Gasteiger partial charge in [-0.1, -0.05) is 45.9 Å². The van der Waals surface area contributed by atoms with Gasteiger partial charge in [-0.05, 0) is 91.6 Å². The first-order valence-electron chi connectivity index (χ1n) is 12.1. The van der Waals surface area contributed by atoms with Crippen LogP contribution in [0.2, 0.25) is 0 Å². The number of hydrogen-bond donors (Lipinski definition) is 0. The van der Waals surface area contributed by atoms with E-state index in [1.165, 1.54) is 52.1 Å². The maximum atomic E-state index is 6.48. The number of aryl methyl sites for hydroxylation is 3. The molecule has 1 fully saturated rings. The van der Waals surface area contributed by atoms with Crippen molar-refractivity contribution in [3.8, 4) is 11.3 Å². The fourth-order valence-corrected chi connectivity index (χ4v) is 5.80. The van der Waals surface area contributed by atoms with Crippen LogP contribution >= 0.6 is 0 Å². The molecule has 2 aromatic heterocycles. The molecule has 32 heavy (non-hydrogen) atoms. The minimum Gasteiger partial charge on any atom is -0.460 e. The summed E-state index contributed by atoms with van der Waals surface area (Å²) in [6.45, 7) is 15.7. The summed E-state index contributed by atoms with van der Waals surface area (Å²) in [5, 5.41) is 3.71. The van der Waals surface area contributed by atoms with E-state index < -0.39 is 0 Å². The zero-order valence-electron chi connectivity index (χ0n) is 20.6. The highest BCUT2D eigenvalue weighted by atomic mass is 16.3. The van der Waals surface area contributed by atoms with Crippen LogP contribution in [0, 0.1) is 26.2 Å². The zero-order valence-corrected chi connectivity index (χ0v) is 20.6. The number of benzene rings is 2. The van der Waals surface area contributed by atoms with Crippen LogP contribution in [-0.4, -0.2) is 4.98 Å². The molecule has 5 rings (SSSR count). The number of hydrogen-bond acceptors (Lipinski definition) is 2. The van der Waals surface area contributed by atoms with Crippen molar-refractivity contribution in [3.63, 3.8) is 0 Å². The molecule has 166 valence electrons. The number of nitrogens with zero attached hydrogens (tertiary/aromatic N) is 1. The van der Waals surface area contributed by atoms with Crippen molar-refractivity contribution in [2.75, 3.05) is 0 Å². The Labute approximate surface area is 192 Å². The average Bonchev–Trinajstić information content (AvgIpc) is 3.26. The second kappa shape index (κ2) is 7.47. The van der Waals surface area contributed by atoms with E-state index in [9.17, 15) is 0 Å². The topological polar surface area (TPSA) is 26.0 Å². The molecule has 0 spiro atoms. The van der Waals surface area contributed by atoms with Gasteiger partial charge in [0.2, 0.25) is 0 Å². The summed E-state index contributed by atoms with van der Waals surface area (Å²) in [6, 6.07) is 13.8. The van der Waals surface area contributed by atoms with Crippen LogP contribution in [0.25, 0.3) is 33.0 Å². The second-order valence-corrected chi connectivity index (χ2v) is 11.1. The van der Waals surface area contributed by atoms with Gasteiger partial charge >= 0.3 is 0 Å². The van der Waals surface area contributed by atoms with Crippen LogP contribution in [0.5, 0.6) is 0 Å². The van der Waals surface area contributed by atoms with Gasteiger partial charge in [0.15, 0.2) is 0 Å². The molecule has 1 unspecified atom stereocenters. The fraction of sp³-hybridized carbons (Fsp3) is 0.433. The minimum atomic E-state index is 0.357. The molecule has 2 heterocycles. The Morgan fingerprint density at radius 3 is 2.47 bits per heavy atom. The van der Waals surface area contributed by atoms with E-state index in [0.717, 1.165) is 28.3 Å². The standard InChI is InChI=1S/C30H35NO/c1-17(2)28-20(5)25-12-18(3)13-26(29(25)32-28)27-24-9-8-21(15-23(24)14-19(4)31-27)22-10-11-30(6,7)16-22/h8-9,12-15,17,22H,10-11,16H2,1-7H3. The lowest BCUT2D eigenvalue weighted by Crippen LogP contribution is -2.04. The quantitative estimate of drug-likeness (QED) is 0.327. The van der Waals surface area contributed by atoms with Gasteiger partial charge in [0.25, 0.3) is 0 Å². The first-order chi connectivity index (χ1) is 15.1. The van der Waals surface area contributed by atoms with Gasteiger partial charge in [0.1, 0.15) is 11.3 Å². The van der Waals surface area contributed by atoms with E-state index in [1.54, 1.807) is 0 Å². The first-order valence-corrected chi connectivity index (χ1v) is 12.1. The molecule has 0 amide bonds. The van der Waals surface area contributed by atoms with Crippen molar-refractivity contribution in [2.24, 2.45) is 5.41 Å². The van der Waals surface area contributed by atoms with Crippen molar-refractivity contribution in [2.45, 2.75) is 79.6 Å². The first kappa shape index (κ1) is 21.2. The summed E-state index contributed by atoms with van der Waals surface area (Å²) < 4.78 is 6.48. The lowest BCUT2D eigenvalue weighted by Gasteiger charge is -2.18. The van der Waals surface area contributed by atoms with Crippen molar-refractivity contribution < 1.29 is 4.42 Å². The molecular formula is C30H35NO. The zero-order chi connectivity index (χ0) is 22.8. The summed E-state index contributed by atoms with van der Waals surface area (Å²) in [5.41, 5.74) is 8.60. The molecular weight excluding hydrogens is 390 g/mol. The Kier molecular flexibility index (Phi) is 4.96. The van der Waals surface area contributed by atoms with Gasteiger partial charge in [0, 0.05) is 27.9 Å². The van der Waals surface area contributed by atoms with E-state index in [2.05, 4.69) is 84.9 Å². The molecule has 0 N–H and O–H groups in total. The molecule has 4 aromatic rings. The third-order valence-electron chi connectivity index (χ3n) is 7.42. The van der Waals surface area contributed by atoms with E-state index in [4.69, 9.17) is 9.40 Å². The molecule has 2 nitrogen and oxygen atoms in total. The van der Waals surface area contributed by atoms with Crippen LogP contribution in [0.1, 0.15) is 86.9 Å². The van der Waals surface area contributed by atoms with E-state index in [0.29, 0.717) is 17.3 Å². The highest BCUT2D eigenvalue weighted by molar-refractivity contribution is 6.03. The smallest absolute Gasteiger partial charge is 0.143 e. The van der Waals surface area contributed by atoms with Crippen LogP contribution in [0.4, 0.5) is 0 Å². The highest BCUT2D eigenvalue weighted by Gasteiger charge is 2.31. The Balaban J connectivity index is 1.71. The van der Waals surface area contributed by atoms with Gasteiger partial charge in [-0.15, -0.1) is 0 Å². The Morgan fingerprint density at radius 1 is 1.00 bits per heavy atom. The summed E-state index contributed by atoms with van der Waals surface area (Å²) >= 11 is 0. The number of furan rings is 1. The third-order valence-corrected chi connectivity index (χ3v) is 7.42. The van der Waals surface area contributed by atoms with Gasteiger partial charge in [-0.3, -0.25) is 4.98 Å². The number of rotatable bonds is 3. The lowest BCUT2D eigenvalue weighted by atomic mass is 9.88. The second-order valence-electron chi connectivity index (χ2n) is 11.1. The molecule has 0 saturated heterocycles. The summed E-state index contributed by atoms with van der Waals surface area (Å²) in [6.07, 6.45) is 3.88. The molecule has 0 radical (unpaired) electrons. The Bertz CT molecular complexity index is 1340. The monoisotopic (exact) mass is 425 g/mol. The minimum absolute atomic E-state index is 0.357. The van der Waals surface area contributed by atoms with Crippen molar-refractivity contribution in [3.05, 3.63) is 64.5 Å². The van der Waals surface area contributed by atoms with E-state index in [1.807, 2.05) is 0 Å². The van der Waals surface area contributed by atoms with Gasteiger partial charge < -0.3 is 4.42 Å². The molecule has 1 aliphatic rings. The molecule has 2 heteroatoms. The molecule has 1 aliphatic carbocycles.